The second kappa shape index (κ2) is 15.6. The molecule has 1 saturated heterocycles. The van der Waals surface area contributed by atoms with Gasteiger partial charge in [-0.15, -0.1) is 0 Å². The third kappa shape index (κ3) is 9.99. The molecule has 1 fully saturated rings. The van der Waals surface area contributed by atoms with Crippen molar-refractivity contribution in [2.75, 3.05) is 6.61 Å². The van der Waals surface area contributed by atoms with Gasteiger partial charge in [-0.25, -0.2) is 0 Å². The number of aliphatic hydroxyl groups is 4. The fourth-order valence-electron chi connectivity index (χ4n) is 3.75. The monoisotopic (exact) mass is 404 g/mol. The van der Waals surface area contributed by atoms with E-state index in [1.54, 1.807) is 0 Å². The molecule has 1 aliphatic rings. The molecule has 2 unspecified atom stereocenters. The summed E-state index contributed by atoms with van der Waals surface area (Å²) in [4.78, 5) is 0. The van der Waals surface area contributed by atoms with Gasteiger partial charge in [0.25, 0.3) is 0 Å². The van der Waals surface area contributed by atoms with Gasteiger partial charge in [-0.3, -0.25) is 0 Å². The van der Waals surface area contributed by atoms with Crippen LogP contribution in [0.2, 0.25) is 0 Å². The molecular formula is C22H44O6. The normalized spacial score (nSPS) is 29.1. The zero-order valence-electron chi connectivity index (χ0n) is 18.0. The number of hydrogen-bond acceptors (Lipinski definition) is 6. The molecule has 6 heteroatoms. The number of aliphatic hydroxyl groups excluding tert-OH is 4. The summed E-state index contributed by atoms with van der Waals surface area (Å²) in [5.74, 6) is 0. The van der Waals surface area contributed by atoms with Crippen molar-refractivity contribution < 1.29 is 29.9 Å². The largest absolute Gasteiger partial charge is 0.394 e. The highest BCUT2D eigenvalue weighted by Gasteiger charge is 2.44. The van der Waals surface area contributed by atoms with Gasteiger partial charge >= 0.3 is 0 Å². The highest BCUT2D eigenvalue weighted by Crippen LogP contribution is 2.24. The molecular weight excluding hydrogens is 360 g/mol. The number of ether oxygens (including phenoxy) is 2. The maximum Gasteiger partial charge on any atom is 0.186 e. The Labute approximate surface area is 171 Å². The zero-order chi connectivity index (χ0) is 20.8. The predicted molar refractivity (Wildman–Crippen MR) is 110 cm³/mol. The van der Waals surface area contributed by atoms with Crippen LogP contribution in [0.25, 0.3) is 0 Å². The van der Waals surface area contributed by atoms with E-state index in [9.17, 15) is 20.4 Å². The molecule has 0 aliphatic carbocycles. The molecule has 0 aromatic carbocycles. The Morgan fingerprint density at radius 3 is 1.75 bits per heavy atom. The first-order chi connectivity index (χ1) is 13.5. The average Bonchev–Trinajstić information content (AvgIpc) is 2.69. The van der Waals surface area contributed by atoms with Crippen molar-refractivity contribution in [3.05, 3.63) is 0 Å². The van der Waals surface area contributed by atoms with Gasteiger partial charge in [0.15, 0.2) is 6.29 Å². The number of rotatable bonds is 16. The van der Waals surface area contributed by atoms with Gasteiger partial charge in [0.2, 0.25) is 0 Å². The predicted octanol–water partition coefficient (Wildman–Crippen LogP) is 3.28. The Hall–Kier alpha value is -0.240. The van der Waals surface area contributed by atoms with E-state index in [1.165, 1.54) is 70.6 Å². The van der Waals surface area contributed by atoms with Crippen molar-refractivity contribution in [1.29, 1.82) is 0 Å². The van der Waals surface area contributed by atoms with Crippen LogP contribution in [0.3, 0.4) is 0 Å². The van der Waals surface area contributed by atoms with Crippen molar-refractivity contribution >= 4 is 0 Å². The van der Waals surface area contributed by atoms with Gasteiger partial charge in [-0.1, -0.05) is 84.0 Å². The maximum absolute atomic E-state index is 10.0. The Kier molecular flexibility index (Phi) is 14.4. The second-order valence-electron chi connectivity index (χ2n) is 8.32. The zero-order valence-corrected chi connectivity index (χ0v) is 18.0. The van der Waals surface area contributed by atoms with Crippen LogP contribution in [0.4, 0.5) is 0 Å². The van der Waals surface area contributed by atoms with E-state index in [-0.39, 0.29) is 6.10 Å². The molecule has 0 radical (unpaired) electrons. The standard InChI is InChI=1S/C22H44O6/c1-3-4-5-6-7-8-9-10-11-12-13-14-15-17(2)27-22-21(26)20(25)19(24)18(16-23)28-22/h17-26H,3-16H2,1-2H3/t17?,18-,19+,20+,21-,22?/m1/s1. The average molecular weight is 405 g/mol. The topological polar surface area (TPSA) is 99.4 Å². The molecule has 6 atom stereocenters. The van der Waals surface area contributed by atoms with E-state index in [0.29, 0.717) is 0 Å². The van der Waals surface area contributed by atoms with E-state index in [1.807, 2.05) is 6.92 Å². The molecule has 0 bridgehead atoms. The molecule has 0 spiro atoms. The maximum atomic E-state index is 10.0. The van der Waals surface area contributed by atoms with Crippen molar-refractivity contribution in [3.8, 4) is 0 Å². The highest BCUT2D eigenvalue weighted by atomic mass is 16.7. The van der Waals surface area contributed by atoms with Crippen LogP contribution in [-0.4, -0.2) is 63.8 Å². The number of unbranched alkanes of at least 4 members (excludes halogenated alkanes) is 11. The van der Waals surface area contributed by atoms with Gasteiger partial charge < -0.3 is 29.9 Å². The summed E-state index contributed by atoms with van der Waals surface area (Å²) < 4.78 is 11.1. The summed E-state index contributed by atoms with van der Waals surface area (Å²) >= 11 is 0. The van der Waals surface area contributed by atoms with Crippen LogP contribution in [0.5, 0.6) is 0 Å². The van der Waals surface area contributed by atoms with Crippen LogP contribution in [0.15, 0.2) is 0 Å². The molecule has 0 aromatic rings. The summed E-state index contributed by atoms with van der Waals surface area (Å²) in [5, 5.41) is 38.8. The molecule has 1 aliphatic heterocycles. The third-order valence-electron chi connectivity index (χ3n) is 5.68. The summed E-state index contributed by atoms with van der Waals surface area (Å²) in [5.41, 5.74) is 0. The third-order valence-corrected chi connectivity index (χ3v) is 5.68. The molecule has 6 nitrogen and oxygen atoms in total. The van der Waals surface area contributed by atoms with E-state index < -0.39 is 37.3 Å². The SMILES string of the molecule is CCCCCCCCCCCCCCC(C)OC1O[C@H](CO)[C@H](O)[C@H](O)[C@H]1O. The Morgan fingerprint density at radius 1 is 0.750 bits per heavy atom. The first kappa shape index (κ1) is 25.8. The molecule has 0 aromatic heterocycles. The molecule has 1 rings (SSSR count). The minimum atomic E-state index is -1.38. The van der Waals surface area contributed by atoms with E-state index in [2.05, 4.69) is 6.92 Å². The van der Waals surface area contributed by atoms with Gasteiger partial charge in [0.05, 0.1) is 12.7 Å². The minimum Gasteiger partial charge on any atom is -0.394 e. The Bertz CT molecular complexity index is 365. The summed E-state index contributed by atoms with van der Waals surface area (Å²) in [6, 6.07) is 0. The Balaban J connectivity index is 2.02. The van der Waals surface area contributed by atoms with Gasteiger partial charge in [-0.2, -0.15) is 0 Å². The summed E-state index contributed by atoms with van der Waals surface area (Å²) in [7, 11) is 0. The van der Waals surface area contributed by atoms with Gasteiger partial charge in [-0.05, 0) is 13.3 Å². The molecule has 28 heavy (non-hydrogen) atoms. The quantitative estimate of drug-likeness (QED) is 0.295. The highest BCUT2D eigenvalue weighted by molar-refractivity contribution is 4.89. The summed E-state index contributed by atoms with van der Waals surface area (Å²) in [6.07, 6.45) is 10.4. The smallest absolute Gasteiger partial charge is 0.186 e. The Morgan fingerprint density at radius 2 is 1.25 bits per heavy atom. The first-order valence-corrected chi connectivity index (χ1v) is 11.5. The first-order valence-electron chi connectivity index (χ1n) is 11.5. The van der Waals surface area contributed by atoms with Crippen LogP contribution < -0.4 is 0 Å². The van der Waals surface area contributed by atoms with Crippen LogP contribution in [0, 0.1) is 0 Å². The lowest BCUT2D eigenvalue weighted by Gasteiger charge is -2.40. The van der Waals surface area contributed by atoms with Crippen molar-refractivity contribution in [3.63, 3.8) is 0 Å². The molecule has 4 N–H and O–H groups in total. The summed E-state index contributed by atoms with van der Waals surface area (Å²) in [6.45, 7) is 3.74. The van der Waals surface area contributed by atoms with E-state index in [0.717, 1.165) is 12.8 Å². The van der Waals surface area contributed by atoms with Gasteiger partial charge in [0.1, 0.15) is 24.4 Å². The fourth-order valence-corrected chi connectivity index (χ4v) is 3.75. The van der Waals surface area contributed by atoms with Crippen molar-refractivity contribution in [1.82, 2.24) is 0 Å². The molecule has 0 saturated carbocycles. The lowest BCUT2D eigenvalue weighted by atomic mass is 9.99. The molecule has 168 valence electrons. The van der Waals surface area contributed by atoms with Crippen molar-refractivity contribution in [2.45, 2.75) is 134 Å². The lowest BCUT2D eigenvalue weighted by molar-refractivity contribution is -0.310. The van der Waals surface area contributed by atoms with E-state index in [4.69, 9.17) is 9.47 Å². The van der Waals surface area contributed by atoms with Gasteiger partial charge in [0, 0.05) is 0 Å². The lowest BCUT2D eigenvalue weighted by Crippen LogP contribution is -2.59. The minimum absolute atomic E-state index is 0.121. The van der Waals surface area contributed by atoms with Crippen LogP contribution in [0.1, 0.15) is 97.3 Å². The van der Waals surface area contributed by atoms with Crippen LogP contribution in [-0.2, 0) is 9.47 Å². The fraction of sp³-hybridized carbons (Fsp3) is 1.00. The second-order valence-corrected chi connectivity index (χ2v) is 8.32. The van der Waals surface area contributed by atoms with Crippen LogP contribution >= 0.6 is 0 Å². The molecule has 0 amide bonds. The molecule has 1 heterocycles. The number of hydrogen-bond donors (Lipinski definition) is 4. The van der Waals surface area contributed by atoms with Crippen molar-refractivity contribution in [2.24, 2.45) is 0 Å². The van der Waals surface area contributed by atoms with E-state index >= 15 is 0 Å².